The van der Waals surface area contributed by atoms with E-state index in [9.17, 15) is 9.00 Å². The molecule has 0 aromatic heterocycles. The molecule has 3 heteroatoms. The Morgan fingerprint density at radius 1 is 1.33 bits per heavy atom. The van der Waals surface area contributed by atoms with Gasteiger partial charge >= 0.3 is 0 Å². The number of carbonyl (C=O) groups is 1. The van der Waals surface area contributed by atoms with Gasteiger partial charge < -0.3 is 0 Å². The van der Waals surface area contributed by atoms with Gasteiger partial charge in [-0.1, -0.05) is 12.1 Å². The first-order chi connectivity index (χ1) is 7.00. The number of hydrogen-bond donors (Lipinski definition) is 0. The van der Waals surface area contributed by atoms with Gasteiger partial charge in [-0.05, 0) is 38.0 Å². The van der Waals surface area contributed by atoms with Gasteiger partial charge in [0, 0.05) is 17.1 Å². The molecule has 2 nitrogen and oxygen atoms in total. The van der Waals surface area contributed by atoms with Crippen molar-refractivity contribution >= 4 is 16.6 Å². The van der Waals surface area contributed by atoms with E-state index in [-0.39, 0.29) is 5.78 Å². The van der Waals surface area contributed by atoms with Crippen molar-refractivity contribution in [1.82, 2.24) is 0 Å². The third-order valence-corrected chi connectivity index (χ3v) is 3.73. The summed E-state index contributed by atoms with van der Waals surface area (Å²) in [6, 6.07) is 5.91. The van der Waals surface area contributed by atoms with Gasteiger partial charge in [-0.15, -0.1) is 0 Å². The van der Waals surface area contributed by atoms with E-state index in [1.165, 1.54) is 6.92 Å². The molecule has 1 aromatic rings. The summed E-state index contributed by atoms with van der Waals surface area (Å²) < 4.78 is 11.9. The number of rotatable bonds is 4. The molecule has 0 saturated carbocycles. The van der Waals surface area contributed by atoms with Gasteiger partial charge in [-0.25, -0.2) is 0 Å². The van der Waals surface area contributed by atoms with E-state index in [0.29, 0.717) is 12.2 Å². The van der Waals surface area contributed by atoms with Crippen molar-refractivity contribution in [3.8, 4) is 0 Å². The highest BCUT2D eigenvalue weighted by Crippen LogP contribution is 2.15. The fourth-order valence-electron chi connectivity index (χ4n) is 1.30. The summed E-state index contributed by atoms with van der Waals surface area (Å²) in [5.74, 6) is 0.522. The summed E-state index contributed by atoms with van der Waals surface area (Å²) in [5, 5.41) is 0. The van der Waals surface area contributed by atoms with Gasteiger partial charge in [-0.3, -0.25) is 9.00 Å². The van der Waals surface area contributed by atoms with E-state index in [1.54, 1.807) is 0 Å². The second-order valence-corrected chi connectivity index (χ2v) is 5.31. The Bertz CT molecular complexity index is 397. The van der Waals surface area contributed by atoms with Crippen LogP contribution >= 0.6 is 0 Å². The Morgan fingerprint density at radius 2 is 2.00 bits per heavy atom. The lowest BCUT2D eigenvalue weighted by Gasteiger charge is -2.06. The number of aryl methyl sites for hydroxylation is 2. The first kappa shape index (κ1) is 12.1. The third kappa shape index (κ3) is 3.59. The van der Waals surface area contributed by atoms with Crippen LogP contribution in [0.4, 0.5) is 0 Å². The number of benzene rings is 1. The molecule has 1 aromatic carbocycles. The van der Waals surface area contributed by atoms with Crippen LogP contribution in [0, 0.1) is 13.8 Å². The molecule has 0 heterocycles. The molecule has 0 aliphatic carbocycles. The molecule has 1 atom stereocenters. The Labute approximate surface area is 93.2 Å². The van der Waals surface area contributed by atoms with Gasteiger partial charge in [0.05, 0.1) is 10.8 Å². The second kappa shape index (κ2) is 5.21. The molecule has 0 amide bonds. The van der Waals surface area contributed by atoms with Crippen LogP contribution in [0.2, 0.25) is 0 Å². The molecular formula is C12H16O2S. The summed E-state index contributed by atoms with van der Waals surface area (Å²) in [4.78, 5) is 11.7. The lowest BCUT2D eigenvalue weighted by Crippen LogP contribution is -2.04. The largest absolute Gasteiger partial charge is 0.300 e. The highest BCUT2D eigenvalue weighted by atomic mass is 32.2. The van der Waals surface area contributed by atoms with Crippen LogP contribution in [0.5, 0.6) is 0 Å². The monoisotopic (exact) mass is 224 g/mol. The van der Waals surface area contributed by atoms with Crippen molar-refractivity contribution in [3.63, 3.8) is 0 Å². The van der Waals surface area contributed by atoms with Crippen molar-refractivity contribution < 1.29 is 9.00 Å². The van der Waals surface area contributed by atoms with E-state index in [4.69, 9.17) is 0 Å². The SMILES string of the molecule is CC(=O)CCS(=O)c1cc(C)ccc1C. The van der Waals surface area contributed by atoms with Gasteiger partial charge in [0.2, 0.25) is 0 Å². The molecule has 0 fully saturated rings. The molecule has 0 saturated heterocycles. The molecule has 0 aliphatic heterocycles. The summed E-state index contributed by atoms with van der Waals surface area (Å²) in [6.45, 7) is 5.45. The molecule has 0 spiro atoms. The Kier molecular flexibility index (Phi) is 4.21. The molecule has 1 unspecified atom stereocenters. The van der Waals surface area contributed by atoms with Crippen molar-refractivity contribution in [3.05, 3.63) is 29.3 Å². The van der Waals surface area contributed by atoms with Crippen LogP contribution in [0.1, 0.15) is 24.5 Å². The molecular weight excluding hydrogens is 208 g/mol. The predicted octanol–water partition coefficient (Wildman–Crippen LogP) is 2.39. The fraction of sp³-hybridized carbons (Fsp3) is 0.417. The van der Waals surface area contributed by atoms with Gasteiger partial charge in [-0.2, -0.15) is 0 Å². The van der Waals surface area contributed by atoms with E-state index in [2.05, 4.69) is 0 Å². The number of carbonyl (C=O) groups excluding carboxylic acids is 1. The predicted molar refractivity (Wildman–Crippen MR) is 62.5 cm³/mol. The maximum atomic E-state index is 11.9. The van der Waals surface area contributed by atoms with E-state index >= 15 is 0 Å². The summed E-state index contributed by atoms with van der Waals surface area (Å²) in [6.07, 6.45) is 0.389. The van der Waals surface area contributed by atoms with E-state index in [0.717, 1.165) is 16.0 Å². The van der Waals surface area contributed by atoms with Gasteiger partial charge in [0.25, 0.3) is 0 Å². The molecule has 0 bridgehead atoms. The summed E-state index contributed by atoms with van der Waals surface area (Å²) in [5.41, 5.74) is 2.13. The smallest absolute Gasteiger partial charge is 0.130 e. The van der Waals surface area contributed by atoms with E-state index < -0.39 is 10.8 Å². The standard InChI is InChI=1S/C12H16O2S/c1-9-4-5-10(2)12(8-9)15(14)7-6-11(3)13/h4-5,8H,6-7H2,1-3H3. The highest BCUT2D eigenvalue weighted by molar-refractivity contribution is 7.85. The Balaban J connectivity index is 2.81. The Hall–Kier alpha value is -0.960. The van der Waals surface area contributed by atoms with Gasteiger partial charge in [0.15, 0.2) is 0 Å². The quantitative estimate of drug-likeness (QED) is 0.787. The second-order valence-electron chi connectivity index (χ2n) is 3.77. The number of hydrogen-bond acceptors (Lipinski definition) is 2. The third-order valence-electron chi connectivity index (χ3n) is 2.23. The van der Waals surface area contributed by atoms with Crippen LogP contribution < -0.4 is 0 Å². The lowest BCUT2D eigenvalue weighted by atomic mass is 10.2. The minimum atomic E-state index is -1.05. The fourth-order valence-corrected chi connectivity index (χ4v) is 2.74. The summed E-state index contributed by atoms with van der Waals surface area (Å²) in [7, 11) is -1.05. The van der Waals surface area contributed by atoms with Crippen molar-refractivity contribution in [1.29, 1.82) is 0 Å². The first-order valence-corrected chi connectivity index (χ1v) is 6.27. The maximum Gasteiger partial charge on any atom is 0.130 e. The zero-order valence-corrected chi connectivity index (χ0v) is 10.2. The van der Waals surface area contributed by atoms with E-state index in [1.807, 2.05) is 32.0 Å². The first-order valence-electron chi connectivity index (χ1n) is 4.96. The zero-order chi connectivity index (χ0) is 11.4. The van der Waals surface area contributed by atoms with Crippen LogP contribution in [-0.2, 0) is 15.6 Å². The topological polar surface area (TPSA) is 34.1 Å². The van der Waals surface area contributed by atoms with Crippen molar-refractivity contribution in [2.24, 2.45) is 0 Å². The zero-order valence-electron chi connectivity index (χ0n) is 9.37. The van der Waals surface area contributed by atoms with Crippen LogP contribution in [-0.4, -0.2) is 15.7 Å². The molecule has 82 valence electrons. The molecule has 0 radical (unpaired) electrons. The molecule has 15 heavy (non-hydrogen) atoms. The van der Waals surface area contributed by atoms with Gasteiger partial charge in [0.1, 0.15) is 5.78 Å². The summed E-state index contributed by atoms with van der Waals surface area (Å²) >= 11 is 0. The maximum absolute atomic E-state index is 11.9. The molecule has 1 rings (SSSR count). The lowest BCUT2D eigenvalue weighted by molar-refractivity contribution is -0.116. The molecule has 0 N–H and O–H groups in total. The minimum absolute atomic E-state index is 0.0913. The van der Waals surface area contributed by atoms with Crippen LogP contribution in [0.25, 0.3) is 0 Å². The molecule has 0 aliphatic rings. The minimum Gasteiger partial charge on any atom is -0.300 e. The van der Waals surface area contributed by atoms with Crippen molar-refractivity contribution in [2.45, 2.75) is 32.1 Å². The van der Waals surface area contributed by atoms with Crippen LogP contribution in [0.3, 0.4) is 0 Å². The number of ketones is 1. The average molecular weight is 224 g/mol. The van der Waals surface area contributed by atoms with Crippen molar-refractivity contribution in [2.75, 3.05) is 5.75 Å². The van der Waals surface area contributed by atoms with Crippen LogP contribution in [0.15, 0.2) is 23.1 Å². The normalized spacial score (nSPS) is 12.5. The average Bonchev–Trinajstić information content (AvgIpc) is 2.18. The highest BCUT2D eigenvalue weighted by Gasteiger charge is 2.08. The Morgan fingerprint density at radius 3 is 2.60 bits per heavy atom. The number of Topliss-reactive ketones (excluding diaryl/α,β-unsaturated/α-hetero) is 1.